The molecular weight excluding hydrogens is 290 g/mol. The molecule has 0 aromatic rings. The molecule has 3 aliphatic rings. The van der Waals surface area contributed by atoms with Gasteiger partial charge in [0.25, 0.3) is 5.00 Å². The van der Waals surface area contributed by atoms with Gasteiger partial charge in [-0.1, -0.05) is 11.6 Å². The van der Waals surface area contributed by atoms with Crippen LogP contribution in [0.5, 0.6) is 0 Å². The van der Waals surface area contributed by atoms with Crippen LogP contribution < -0.4 is 0 Å². The van der Waals surface area contributed by atoms with Gasteiger partial charge in [-0.15, -0.1) is 0 Å². The van der Waals surface area contributed by atoms with Crippen LogP contribution in [0.3, 0.4) is 0 Å². The fraction of sp³-hybridized carbons (Fsp3) is 0.600. The van der Waals surface area contributed by atoms with E-state index in [1.807, 2.05) is 0 Å². The third kappa shape index (κ3) is 1.71. The summed E-state index contributed by atoms with van der Waals surface area (Å²) in [5.74, 6) is -0.0383. The van der Waals surface area contributed by atoms with E-state index >= 15 is 0 Å². The second-order valence-electron chi connectivity index (χ2n) is 4.55. The minimum atomic E-state index is -1.54. The lowest BCUT2D eigenvalue weighted by Crippen LogP contribution is -2.51. The molecule has 3 heterocycles. The Morgan fingerprint density at radius 2 is 2.20 bits per heavy atom. The third-order valence-corrected chi connectivity index (χ3v) is 3.82. The van der Waals surface area contributed by atoms with Crippen molar-refractivity contribution in [1.82, 2.24) is 4.90 Å². The fourth-order valence-electron chi connectivity index (χ4n) is 2.27. The molecule has 0 saturated carbocycles. The number of aliphatic hydroxyl groups excluding tert-OH is 3. The van der Waals surface area contributed by atoms with E-state index in [2.05, 4.69) is 15.0 Å². The van der Waals surface area contributed by atoms with Gasteiger partial charge in [-0.05, 0) is 0 Å². The van der Waals surface area contributed by atoms with Crippen molar-refractivity contribution in [2.45, 2.75) is 29.5 Å². The zero-order valence-corrected chi connectivity index (χ0v) is 10.8. The summed E-state index contributed by atoms with van der Waals surface area (Å²) in [4.78, 5) is 11.4. The van der Waals surface area contributed by atoms with E-state index in [0.717, 1.165) is 6.34 Å². The number of halogens is 1. The smallest absolute Gasteiger partial charge is 0.251 e. The van der Waals surface area contributed by atoms with Crippen molar-refractivity contribution >= 4 is 35.9 Å². The molecule has 1 saturated heterocycles. The number of nitrogens with one attached hydrogen (secondary N) is 1. The molecular formula is C10H12ClN5O4. The minimum Gasteiger partial charge on any atom is -0.394 e. The van der Waals surface area contributed by atoms with Crippen LogP contribution in [0.1, 0.15) is 0 Å². The number of alkyl halides is 1. The average molecular weight is 302 g/mol. The van der Waals surface area contributed by atoms with Gasteiger partial charge in [0.2, 0.25) is 0 Å². The molecule has 0 bridgehead atoms. The van der Waals surface area contributed by atoms with Gasteiger partial charge >= 0.3 is 0 Å². The summed E-state index contributed by atoms with van der Waals surface area (Å²) >= 11 is 6.19. The molecule has 0 spiro atoms. The van der Waals surface area contributed by atoms with Crippen LogP contribution in [-0.4, -0.2) is 80.7 Å². The van der Waals surface area contributed by atoms with Crippen LogP contribution in [0.2, 0.25) is 0 Å². The van der Waals surface area contributed by atoms with E-state index < -0.39 is 36.1 Å². The molecule has 3 rings (SSSR count). The largest absolute Gasteiger partial charge is 0.394 e. The Labute approximate surface area is 118 Å². The number of aliphatic imine (C=N–C) groups is 3. The first-order valence-electron chi connectivity index (χ1n) is 5.84. The zero-order chi connectivity index (χ0) is 14.5. The second-order valence-corrected chi connectivity index (χ2v) is 5.10. The first-order valence-corrected chi connectivity index (χ1v) is 6.21. The zero-order valence-electron chi connectivity index (χ0n) is 10.1. The molecule has 108 valence electrons. The van der Waals surface area contributed by atoms with E-state index in [9.17, 15) is 10.2 Å². The van der Waals surface area contributed by atoms with Crippen molar-refractivity contribution in [1.29, 1.82) is 5.41 Å². The highest BCUT2D eigenvalue weighted by Gasteiger charge is 2.53. The summed E-state index contributed by atoms with van der Waals surface area (Å²) in [7, 11) is 0. The summed E-state index contributed by atoms with van der Waals surface area (Å²) in [5, 5.41) is 36.5. The number of rotatable bonds is 2. The molecule has 0 amide bonds. The number of hydrogen-bond donors (Lipinski definition) is 4. The van der Waals surface area contributed by atoms with E-state index in [-0.39, 0.29) is 11.7 Å². The van der Waals surface area contributed by atoms with Crippen LogP contribution in [0.25, 0.3) is 0 Å². The lowest BCUT2D eigenvalue weighted by atomic mass is 10.1. The van der Waals surface area contributed by atoms with Crippen molar-refractivity contribution in [2.24, 2.45) is 15.0 Å². The number of aliphatic hydroxyl groups is 3. The lowest BCUT2D eigenvalue weighted by Gasteiger charge is -2.29. The Morgan fingerprint density at radius 1 is 1.45 bits per heavy atom. The van der Waals surface area contributed by atoms with E-state index in [1.165, 1.54) is 11.2 Å². The maximum Gasteiger partial charge on any atom is 0.251 e. The predicted molar refractivity (Wildman–Crippen MR) is 70.3 cm³/mol. The lowest BCUT2D eigenvalue weighted by molar-refractivity contribution is -0.0510. The van der Waals surface area contributed by atoms with Gasteiger partial charge in [-0.25, -0.2) is 15.0 Å². The van der Waals surface area contributed by atoms with Gasteiger partial charge in [0, 0.05) is 0 Å². The molecule has 1 unspecified atom stereocenters. The molecule has 0 radical (unpaired) electrons. The quantitative estimate of drug-likeness (QED) is 0.350. The highest BCUT2D eigenvalue weighted by Crippen LogP contribution is 2.34. The average Bonchev–Trinajstić information content (AvgIpc) is 2.91. The van der Waals surface area contributed by atoms with Gasteiger partial charge in [0.05, 0.1) is 12.9 Å². The minimum absolute atomic E-state index is 0.161. The van der Waals surface area contributed by atoms with Crippen LogP contribution >= 0.6 is 11.6 Å². The molecule has 10 heteroatoms. The van der Waals surface area contributed by atoms with Gasteiger partial charge in [-0.2, -0.15) is 0 Å². The van der Waals surface area contributed by atoms with Crippen LogP contribution in [0.15, 0.2) is 15.0 Å². The fourth-order valence-corrected chi connectivity index (χ4v) is 2.51. The molecule has 20 heavy (non-hydrogen) atoms. The van der Waals surface area contributed by atoms with Gasteiger partial charge in [0.15, 0.2) is 17.9 Å². The van der Waals surface area contributed by atoms with Crippen LogP contribution in [0.4, 0.5) is 0 Å². The van der Waals surface area contributed by atoms with Gasteiger partial charge in [0.1, 0.15) is 24.7 Å². The maximum atomic E-state index is 9.98. The first kappa shape index (κ1) is 13.6. The standard InChI is InChI=1S/C10H12ClN5O4/c11-10-8(12)13-2-14-9(10)16(3-15-10)7-6(19)5(18)4(1-17)20-7/h2-7,12,17-19H,1H2/t4-,5-,6-,7-,10?/m1/s1. The first-order chi connectivity index (χ1) is 9.49. The number of amidine groups is 2. The molecule has 0 aromatic heterocycles. The van der Waals surface area contributed by atoms with Gasteiger partial charge < -0.3 is 20.1 Å². The van der Waals surface area contributed by atoms with E-state index in [4.69, 9.17) is 26.9 Å². The summed E-state index contributed by atoms with van der Waals surface area (Å²) in [6.45, 7) is -0.435. The summed E-state index contributed by atoms with van der Waals surface area (Å²) in [5.41, 5.74) is 0. The Bertz CT molecular complexity index is 538. The summed E-state index contributed by atoms with van der Waals surface area (Å²) < 4.78 is 5.38. The monoisotopic (exact) mass is 301 g/mol. The molecule has 0 aliphatic carbocycles. The Morgan fingerprint density at radius 3 is 2.85 bits per heavy atom. The number of fused-ring (bicyclic) bond motifs is 1. The Kier molecular flexibility index (Phi) is 3.10. The van der Waals surface area contributed by atoms with Crippen molar-refractivity contribution in [3.63, 3.8) is 0 Å². The van der Waals surface area contributed by atoms with Crippen molar-refractivity contribution in [3.8, 4) is 0 Å². The van der Waals surface area contributed by atoms with Crippen LogP contribution in [0, 0.1) is 5.41 Å². The predicted octanol–water partition coefficient (Wildman–Crippen LogP) is -1.88. The number of hydrogen-bond acceptors (Lipinski definition) is 8. The van der Waals surface area contributed by atoms with Crippen molar-refractivity contribution in [3.05, 3.63) is 0 Å². The summed E-state index contributed by atoms with van der Waals surface area (Å²) in [6, 6.07) is 0. The normalized spacial score (nSPS) is 43.1. The molecule has 5 atom stereocenters. The Balaban J connectivity index is 1.90. The van der Waals surface area contributed by atoms with Crippen molar-refractivity contribution < 1.29 is 20.1 Å². The van der Waals surface area contributed by atoms with Gasteiger partial charge in [-0.3, -0.25) is 10.3 Å². The maximum absolute atomic E-state index is 9.98. The Hall–Kier alpha value is -1.39. The molecule has 9 nitrogen and oxygen atoms in total. The number of nitrogens with zero attached hydrogens (tertiary/aromatic N) is 4. The highest BCUT2D eigenvalue weighted by molar-refractivity contribution is 6.50. The van der Waals surface area contributed by atoms with E-state index in [1.54, 1.807) is 0 Å². The van der Waals surface area contributed by atoms with E-state index in [0.29, 0.717) is 0 Å². The molecule has 4 N–H and O–H groups in total. The molecule has 3 aliphatic heterocycles. The second kappa shape index (κ2) is 4.57. The van der Waals surface area contributed by atoms with Crippen LogP contribution in [-0.2, 0) is 4.74 Å². The SMILES string of the molecule is N=C1N=CN=C2N([C@@H]3O[C@H](CO)[C@@H](O)[C@H]3O)C=NC12Cl. The molecule has 1 fully saturated rings. The number of ether oxygens (including phenoxy) is 1. The highest BCUT2D eigenvalue weighted by atomic mass is 35.5. The summed E-state index contributed by atoms with van der Waals surface area (Å²) in [6.07, 6.45) is -1.98. The topological polar surface area (TPSA) is 134 Å². The molecule has 0 aromatic carbocycles. The van der Waals surface area contributed by atoms with Crippen molar-refractivity contribution in [2.75, 3.05) is 6.61 Å². The third-order valence-electron chi connectivity index (χ3n) is 3.37.